The average molecular weight is 259 g/mol. The lowest BCUT2D eigenvalue weighted by Crippen LogP contribution is -2.32. The molecule has 1 aliphatic carbocycles. The fraction of sp³-hybridized carbons (Fsp3) is 0.533. The molecule has 4 heteroatoms. The highest BCUT2D eigenvalue weighted by Gasteiger charge is 2.33. The molecule has 1 unspecified atom stereocenters. The molecular formula is C15H21N3O. The molecule has 1 aromatic carbocycles. The number of hydrogen-bond donors (Lipinski definition) is 2. The van der Waals surface area contributed by atoms with Crippen LogP contribution in [0.1, 0.15) is 35.2 Å². The van der Waals surface area contributed by atoms with Crippen molar-refractivity contribution in [3.8, 4) is 0 Å². The van der Waals surface area contributed by atoms with Crippen molar-refractivity contribution in [3.05, 3.63) is 35.4 Å². The van der Waals surface area contributed by atoms with Crippen LogP contribution in [0.3, 0.4) is 0 Å². The molecule has 1 atom stereocenters. The van der Waals surface area contributed by atoms with Crippen LogP contribution in [-0.2, 0) is 6.54 Å². The minimum atomic E-state index is -0.365. The number of hydrogen-bond acceptors (Lipinski definition) is 3. The van der Waals surface area contributed by atoms with Gasteiger partial charge >= 0.3 is 0 Å². The van der Waals surface area contributed by atoms with Gasteiger partial charge in [-0.3, -0.25) is 9.69 Å². The fourth-order valence-electron chi connectivity index (χ4n) is 2.77. The van der Waals surface area contributed by atoms with Gasteiger partial charge in [0.15, 0.2) is 0 Å². The van der Waals surface area contributed by atoms with Crippen LogP contribution in [0.25, 0.3) is 0 Å². The van der Waals surface area contributed by atoms with Crippen molar-refractivity contribution in [2.45, 2.75) is 37.9 Å². The smallest absolute Gasteiger partial charge is 0.248 e. The first-order valence-electron chi connectivity index (χ1n) is 7.08. The fourth-order valence-corrected chi connectivity index (χ4v) is 2.77. The summed E-state index contributed by atoms with van der Waals surface area (Å²) < 4.78 is 0. The summed E-state index contributed by atoms with van der Waals surface area (Å²) in [7, 11) is 0. The van der Waals surface area contributed by atoms with Crippen LogP contribution in [0, 0.1) is 0 Å². The van der Waals surface area contributed by atoms with E-state index in [1.807, 2.05) is 12.1 Å². The molecule has 0 radical (unpaired) electrons. The molecule has 2 aliphatic rings. The molecule has 1 aromatic rings. The van der Waals surface area contributed by atoms with Gasteiger partial charge in [0.05, 0.1) is 0 Å². The average Bonchev–Trinajstić information content (AvgIpc) is 3.16. The molecule has 3 N–H and O–H groups in total. The number of nitrogens with one attached hydrogen (secondary N) is 1. The highest BCUT2D eigenvalue weighted by molar-refractivity contribution is 5.92. The molecule has 19 heavy (non-hydrogen) atoms. The summed E-state index contributed by atoms with van der Waals surface area (Å²) in [6.45, 7) is 3.29. The van der Waals surface area contributed by atoms with E-state index in [9.17, 15) is 4.79 Å². The van der Waals surface area contributed by atoms with Crippen LogP contribution in [0.15, 0.2) is 24.3 Å². The molecule has 102 valence electrons. The van der Waals surface area contributed by atoms with Crippen LogP contribution >= 0.6 is 0 Å². The van der Waals surface area contributed by atoms with Crippen molar-refractivity contribution in [1.82, 2.24) is 10.2 Å². The second-order valence-corrected chi connectivity index (χ2v) is 5.65. The van der Waals surface area contributed by atoms with Gasteiger partial charge in [-0.05, 0) is 37.0 Å². The second-order valence-electron chi connectivity index (χ2n) is 5.65. The van der Waals surface area contributed by atoms with E-state index in [-0.39, 0.29) is 5.91 Å². The van der Waals surface area contributed by atoms with Crippen LogP contribution in [-0.4, -0.2) is 36.0 Å². The Morgan fingerprint density at radius 1 is 1.26 bits per heavy atom. The van der Waals surface area contributed by atoms with Gasteiger partial charge in [0.25, 0.3) is 0 Å². The number of benzene rings is 1. The third-order valence-electron chi connectivity index (χ3n) is 4.12. The van der Waals surface area contributed by atoms with Crippen molar-refractivity contribution in [2.75, 3.05) is 13.1 Å². The van der Waals surface area contributed by atoms with E-state index < -0.39 is 0 Å². The Hall–Kier alpha value is -1.39. The molecule has 3 rings (SSSR count). The molecule has 2 fully saturated rings. The zero-order valence-electron chi connectivity index (χ0n) is 11.1. The maximum atomic E-state index is 11.0. The molecule has 1 saturated heterocycles. The lowest BCUT2D eigenvalue weighted by molar-refractivity contribution is 0.100. The van der Waals surface area contributed by atoms with Crippen molar-refractivity contribution in [3.63, 3.8) is 0 Å². The highest BCUT2D eigenvalue weighted by Crippen LogP contribution is 2.29. The quantitative estimate of drug-likeness (QED) is 0.833. The van der Waals surface area contributed by atoms with Gasteiger partial charge in [0.2, 0.25) is 5.91 Å². The molecule has 1 heterocycles. The first kappa shape index (κ1) is 12.6. The predicted molar refractivity (Wildman–Crippen MR) is 74.8 cm³/mol. The van der Waals surface area contributed by atoms with Gasteiger partial charge in [-0.25, -0.2) is 0 Å². The number of carbonyl (C=O) groups excluding carboxylic acids is 1. The third-order valence-corrected chi connectivity index (χ3v) is 4.12. The summed E-state index contributed by atoms with van der Waals surface area (Å²) in [6, 6.07) is 9.02. The van der Waals surface area contributed by atoms with E-state index in [0.717, 1.165) is 12.6 Å². The Balaban J connectivity index is 1.48. The molecule has 1 aliphatic heterocycles. The molecule has 1 saturated carbocycles. The van der Waals surface area contributed by atoms with Gasteiger partial charge in [-0.2, -0.15) is 0 Å². The first-order valence-corrected chi connectivity index (χ1v) is 7.08. The van der Waals surface area contributed by atoms with Crippen molar-refractivity contribution in [2.24, 2.45) is 5.73 Å². The van der Waals surface area contributed by atoms with E-state index in [1.54, 1.807) is 12.1 Å². The van der Waals surface area contributed by atoms with Crippen LogP contribution in [0.4, 0.5) is 0 Å². The number of carbonyl (C=O) groups is 1. The van der Waals surface area contributed by atoms with Crippen LogP contribution < -0.4 is 11.1 Å². The van der Waals surface area contributed by atoms with Gasteiger partial charge in [0.1, 0.15) is 0 Å². The normalized spacial score (nSPS) is 23.7. The van der Waals surface area contributed by atoms with E-state index >= 15 is 0 Å². The number of amides is 1. The minimum Gasteiger partial charge on any atom is -0.366 e. The molecule has 1 amide bonds. The summed E-state index contributed by atoms with van der Waals surface area (Å²) >= 11 is 0. The standard InChI is InChI=1S/C15H21N3O/c16-15(19)12-3-1-11(2-4-12)9-17-13-7-8-18(10-13)14-5-6-14/h1-4,13-14,17H,5-10H2,(H2,16,19). The molecule has 0 spiro atoms. The monoisotopic (exact) mass is 259 g/mol. The van der Waals surface area contributed by atoms with E-state index in [4.69, 9.17) is 5.73 Å². The Bertz CT molecular complexity index is 453. The summed E-state index contributed by atoms with van der Waals surface area (Å²) in [5.41, 5.74) is 7.00. The topological polar surface area (TPSA) is 58.4 Å². The zero-order valence-corrected chi connectivity index (χ0v) is 11.1. The Labute approximate surface area is 114 Å². The minimum absolute atomic E-state index is 0.365. The Kier molecular flexibility index (Phi) is 3.53. The van der Waals surface area contributed by atoms with E-state index in [1.165, 1.54) is 37.9 Å². The SMILES string of the molecule is NC(=O)c1ccc(CNC2CCN(C3CC3)C2)cc1. The van der Waals surface area contributed by atoms with Crippen LogP contribution in [0.5, 0.6) is 0 Å². The maximum absolute atomic E-state index is 11.0. The van der Waals surface area contributed by atoms with Gasteiger partial charge < -0.3 is 11.1 Å². The van der Waals surface area contributed by atoms with E-state index in [2.05, 4.69) is 10.2 Å². The first-order chi connectivity index (χ1) is 9.22. The largest absolute Gasteiger partial charge is 0.366 e. The van der Waals surface area contributed by atoms with E-state index in [0.29, 0.717) is 11.6 Å². The number of rotatable bonds is 5. The highest BCUT2D eigenvalue weighted by atomic mass is 16.1. The summed E-state index contributed by atoms with van der Waals surface area (Å²) in [4.78, 5) is 13.6. The van der Waals surface area contributed by atoms with Crippen LogP contribution in [0.2, 0.25) is 0 Å². The summed E-state index contributed by atoms with van der Waals surface area (Å²) in [5.74, 6) is -0.365. The second kappa shape index (κ2) is 5.31. The number of likely N-dealkylation sites (tertiary alicyclic amines) is 1. The van der Waals surface area contributed by atoms with Gasteiger partial charge in [0, 0.05) is 37.3 Å². The number of primary amides is 1. The lowest BCUT2D eigenvalue weighted by Gasteiger charge is -2.15. The Morgan fingerprint density at radius 3 is 2.63 bits per heavy atom. The summed E-state index contributed by atoms with van der Waals surface area (Å²) in [6.07, 6.45) is 4.03. The number of nitrogens with two attached hydrogens (primary N) is 1. The molecule has 4 nitrogen and oxygen atoms in total. The lowest BCUT2D eigenvalue weighted by atomic mass is 10.1. The number of nitrogens with zero attached hydrogens (tertiary/aromatic N) is 1. The summed E-state index contributed by atoms with van der Waals surface area (Å²) in [5, 5.41) is 3.60. The van der Waals surface area contributed by atoms with Gasteiger partial charge in [-0.15, -0.1) is 0 Å². The third kappa shape index (κ3) is 3.14. The van der Waals surface area contributed by atoms with Crippen molar-refractivity contribution >= 4 is 5.91 Å². The van der Waals surface area contributed by atoms with Crippen molar-refractivity contribution < 1.29 is 4.79 Å². The van der Waals surface area contributed by atoms with Gasteiger partial charge in [-0.1, -0.05) is 12.1 Å². The van der Waals surface area contributed by atoms with Crippen molar-refractivity contribution in [1.29, 1.82) is 0 Å². The maximum Gasteiger partial charge on any atom is 0.248 e. The zero-order chi connectivity index (χ0) is 13.2. The predicted octanol–water partition coefficient (Wildman–Crippen LogP) is 1.11. The Morgan fingerprint density at radius 2 is 2.00 bits per heavy atom. The molecule has 0 aromatic heterocycles. The molecular weight excluding hydrogens is 238 g/mol. The molecule has 0 bridgehead atoms.